The van der Waals surface area contributed by atoms with Crippen LogP contribution in [0, 0.1) is 5.82 Å². The number of hydrogen-bond acceptors (Lipinski definition) is 6. The fourth-order valence-electron chi connectivity index (χ4n) is 2.59. The van der Waals surface area contributed by atoms with Gasteiger partial charge in [-0.1, -0.05) is 6.07 Å². The van der Waals surface area contributed by atoms with E-state index in [9.17, 15) is 14.0 Å². The third kappa shape index (κ3) is 3.65. The Morgan fingerprint density at radius 3 is 3.04 bits per heavy atom. The first-order valence-corrected chi connectivity index (χ1v) is 8.95. The van der Waals surface area contributed by atoms with Crippen LogP contribution in [0.2, 0.25) is 0 Å². The molecule has 8 nitrogen and oxygen atoms in total. The third-order valence-corrected chi connectivity index (χ3v) is 4.86. The maximum Gasteiger partial charge on any atom is 0.249 e. The van der Waals surface area contributed by atoms with Crippen LogP contribution < -0.4 is 10.2 Å². The van der Waals surface area contributed by atoms with E-state index in [-0.39, 0.29) is 24.2 Å². The number of aromatic nitrogens is 4. The third-order valence-electron chi connectivity index (χ3n) is 3.81. The van der Waals surface area contributed by atoms with Crippen molar-refractivity contribution in [3.63, 3.8) is 0 Å². The molecule has 1 aliphatic rings. The highest BCUT2D eigenvalue weighted by atomic mass is 32.2. The number of nitrogens with one attached hydrogen (secondary N) is 2. The standard InChI is InChI=1S/C17H13FN6O2S/c18-10-4-5-13-12(7-10)24(15(26)9-27-13)8-14(25)20-17-21-16(22-23-17)11-3-1-2-6-19-11/h1-7H,8-9H2,(H2,20,21,22,23,25). The molecule has 2 aromatic heterocycles. The lowest BCUT2D eigenvalue weighted by molar-refractivity contribution is -0.120. The van der Waals surface area contributed by atoms with Gasteiger partial charge in [0.15, 0.2) is 5.82 Å². The van der Waals surface area contributed by atoms with E-state index < -0.39 is 11.7 Å². The van der Waals surface area contributed by atoms with Crippen molar-refractivity contribution in [2.75, 3.05) is 22.5 Å². The molecular weight excluding hydrogens is 371 g/mol. The number of benzene rings is 1. The molecule has 0 saturated heterocycles. The molecule has 27 heavy (non-hydrogen) atoms. The Kier molecular flexibility index (Phi) is 4.55. The van der Waals surface area contributed by atoms with Gasteiger partial charge in [0.2, 0.25) is 17.8 Å². The molecule has 3 heterocycles. The molecule has 0 unspecified atom stereocenters. The zero-order chi connectivity index (χ0) is 18.8. The number of carbonyl (C=O) groups is 2. The van der Waals surface area contributed by atoms with Gasteiger partial charge in [0, 0.05) is 11.1 Å². The smallest absolute Gasteiger partial charge is 0.249 e. The van der Waals surface area contributed by atoms with Gasteiger partial charge in [0.1, 0.15) is 18.1 Å². The quantitative estimate of drug-likeness (QED) is 0.714. The number of carbonyl (C=O) groups excluding carboxylic acids is 2. The largest absolute Gasteiger partial charge is 0.301 e. The van der Waals surface area contributed by atoms with Crippen molar-refractivity contribution in [3.8, 4) is 11.5 Å². The van der Waals surface area contributed by atoms with Crippen molar-refractivity contribution in [1.82, 2.24) is 20.2 Å². The number of aromatic amines is 1. The normalized spacial score (nSPS) is 13.4. The SMILES string of the molecule is O=C(CN1C(=O)CSc2ccc(F)cc21)Nc1n[nH]c(-c2ccccn2)n1. The number of thioether (sulfide) groups is 1. The van der Waals surface area contributed by atoms with Crippen LogP contribution in [0.3, 0.4) is 0 Å². The minimum atomic E-state index is -0.489. The van der Waals surface area contributed by atoms with Gasteiger partial charge in [-0.2, -0.15) is 4.98 Å². The molecule has 2 N–H and O–H groups in total. The highest BCUT2D eigenvalue weighted by Crippen LogP contribution is 2.35. The fraction of sp³-hybridized carbons (Fsp3) is 0.118. The summed E-state index contributed by atoms with van der Waals surface area (Å²) < 4.78 is 13.6. The molecule has 4 rings (SSSR count). The molecule has 0 spiro atoms. The van der Waals surface area contributed by atoms with Crippen LogP contribution in [0.5, 0.6) is 0 Å². The lowest BCUT2D eigenvalue weighted by atomic mass is 10.2. The van der Waals surface area contributed by atoms with Gasteiger partial charge >= 0.3 is 0 Å². The molecule has 0 radical (unpaired) electrons. The van der Waals surface area contributed by atoms with Crippen LogP contribution in [0.25, 0.3) is 11.5 Å². The van der Waals surface area contributed by atoms with Gasteiger partial charge < -0.3 is 4.90 Å². The lowest BCUT2D eigenvalue weighted by Gasteiger charge is -2.28. The minimum absolute atomic E-state index is 0.0685. The number of rotatable bonds is 4. The Balaban J connectivity index is 1.48. The summed E-state index contributed by atoms with van der Waals surface area (Å²) in [7, 11) is 0. The molecule has 1 aliphatic heterocycles. The summed E-state index contributed by atoms with van der Waals surface area (Å²) >= 11 is 1.32. The summed E-state index contributed by atoms with van der Waals surface area (Å²) in [6.45, 7) is -0.261. The number of anilines is 2. The molecule has 0 bridgehead atoms. The van der Waals surface area contributed by atoms with Gasteiger partial charge in [-0.05, 0) is 30.3 Å². The number of halogens is 1. The van der Waals surface area contributed by atoms with Crippen molar-refractivity contribution in [2.24, 2.45) is 0 Å². The Bertz CT molecular complexity index is 1010. The maximum atomic E-state index is 13.6. The van der Waals surface area contributed by atoms with Crippen molar-refractivity contribution in [2.45, 2.75) is 4.90 Å². The molecule has 3 aromatic rings. The molecule has 0 fully saturated rings. The minimum Gasteiger partial charge on any atom is -0.301 e. The monoisotopic (exact) mass is 384 g/mol. The average Bonchev–Trinajstić information content (AvgIpc) is 3.13. The number of nitrogens with zero attached hydrogens (tertiary/aromatic N) is 4. The van der Waals surface area contributed by atoms with Crippen molar-refractivity contribution >= 4 is 35.2 Å². The fourth-order valence-corrected chi connectivity index (χ4v) is 3.51. The second kappa shape index (κ2) is 7.16. The van der Waals surface area contributed by atoms with Crippen molar-refractivity contribution < 1.29 is 14.0 Å². The molecule has 0 saturated carbocycles. The summed E-state index contributed by atoms with van der Waals surface area (Å²) in [5.74, 6) is -0.559. The predicted molar refractivity (Wildman–Crippen MR) is 97.7 cm³/mol. The first kappa shape index (κ1) is 17.2. The van der Waals surface area contributed by atoms with Crippen LogP contribution in [0.15, 0.2) is 47.5 Å². The van der Waals surface area contributed by atoms with Crippen LogP contribution in [0.1, 0.15) is 0 Å². The summed E-state index contributed by atoms with van der Waals surface area (Å²) in [4.78, 5) is 34.9. The topological polar surface area (TPSA) is 104 Å². The van der Waals surface area contributed by atoms with E-state index in [0.29, 0.717) is 17.2 Å². The average molecular weight is 384 g/mol. The number of fused-ring (bicyclic) bond motifs is 1. The zero-order valence-electron chi connectivity index (χ0n) is 13.8. The number of pyridine rings is 1. The molecule has 136 valence electrons. The van der Waals surface area contributed by atoms with Gasteiger partial charge in [0.05, 0.1) is 11.4 Å². The Morgan fingerprint density at radius 2 is 2.22 bits per heavy atom. The Morgan fingerprint density at radius 1 is 1.33 bits per heavy atom. The molecule has 0 aliphatic carbocycles. The van der Waals surface area contributed by atoms with E-state index in [1.54, 1.807) is 30.5 Å². The van der Waals surface area contributed by atoms with Crippen LogP contribution in [-0.2, 0) is 9.59 Å². The van der Waals surface area contributed by atoms with E-state index in [0.717, 1.165) is 4.90 Å². The van der Waals surface area contributed by atoms with Crippen LogP contribution >= 0.6 is 11.8 Å². The van der Waals surface area contributed by atoms with E-state index in [2.05, 4.69) is 25.5 Å². The van der Waals surface area contributed by atoms with E-state index >= 15 is 0 Å². The molecular formula is C17H13FN6O2S. The molecule has 0 atom stereocenters. The van der Waals surface area contributed by atoms with Crippen molar-refractivity contribution in [1.29, 1.82) is 0 Å². The lowest BCUT2D eigenvalue weighted by Crippen LogP contribution is -2.41. The summed E-state index contributed by atoms with van der Waals surface area (Å²) in [6, 6.07) is 9.50. The van der Waals surface area contributed by atoms with Crippen LogP contribution in [-0.4, -0.2) is 44.3 Å². The summed E-state index contributed by atoms with van der Waals surface area (Å²) in [5, 5.41) is 9.15. The number of hydrogen-bond donors (Lipinski definition) is 2. The number of amides is 2. The Labute approximate surface area is 157 Å². The Hall–Kier alpha value is -3.27. The van der Waals surface area contributed by atoms with E-state index in [1.807, 2.05) is 0 Å². The van der Waals surface area contributed by atoms with Gasteiger partial charge in [0.25, 0.3) is 0 Å². The zero-order valence-corrected chi connectivity index (χ0v) is 14.7. The maximum absolute atomic E-state index is 13.6. The molecule has 2 amide bonds. The van der Waals surface area contributed by atoms with Gasteiger partial charge in [-0.25, -0.2) is 4.39 Å². The predicted octanol–water partition coefficient (Wildman–Crippen LogP) is 2.08. The van der Waals surface area contributed by atoms with Crippen LogP contribution in [0.4, 0.5) is 16.0 Å². The molecule has 1 aromatic carbocycles. The summed E-state index contributed by atoms with van der Waals surface area (Å²) in [6.07, 6.45) is 1.62. The van der Waals surface area contributed by atoms with Gasteiger partial charge in [-0.15, -0.1) is 16.9 Å². The second-order valence-electron chi connectivity index (χ2n) is 5.65. The highest BCUT2D eigenvalue weighted by Gasteiger charge is 2.27. The van der Waals surface area contributed by atoms with E-state index in [1.165, 1.54) is 28.8 Å². The van der Waals surface area contributed by atoms with E-state index in [4.69, 9.17) is 0 Å². The van der Waals surface area contributed by atoms with Gasteiger partial charge in [-0.3, -0.25) is 25.0 Å². The highest BCUT2D eigenvalue weighted by molar-refractivity contribution is 8.00. The second-order valence-corrected chi connectivity index (χ2v) is 6.67. The first-order valence-electron chi connectivity index (χ1n) is 7.96. The molecule has 10 heteroatoms. The van der Waals surface area contributed by atoms with Crippen molar-refractivity contribution in [3.05, 3.63) is 48.4 Å². The first-order chi connectivity index (χ1) is 13.1. The summed E-state index contributed by atoms with van der Waals surface area (Å²) in [5.41, 5.74) is 0.966. The number of H-pyrrole nitrogens is 1.